The van der Waals surface area contributed by atoms with Crippen LogP contribution in [0.3, 0.4) is 0 Å². The fraction of sp³-hybridized carbons (Fsp3) is 0.500. The number of alkyl halides is 2. The van der Waals surface area contributed by atoms with Gasteiger partial charge in [-0.25, -0.2) is 8.78 Å². The molecule has 1 aromatic rings. The van der Waals surface area contributed by atoms with Crippen molar-refractivity contribution in [3.63, 3.8) is 0 Å². The third-order valence-electron chi connectivity index (χ3n) is 3.08. The summed E-state index contributed by atoms with van der Waals surface area (Å²) in [6, 6.07) is 2.60. The molecule has 0 heterocycles. The molecule has 0 saturated carbocycles. The molecule has 0 unspecified atom stereocenters. The number of halogens is 2. The molecule has 1 N–H and O–H groups in total. The SMILES string of the molecule is COc1cc(C(F)F)c(OC)cc1CC(C)(C)C(=O)O. The summed E-state index contributed by atoms with van der Waals surface area (Å²) in [5.74, 6) is -0.719. The van der Waals surface area contributed by atoms with Gasteiger partial charge in [-0.1, -0.05) is 0 Å². The number of carbonyl (C=O) groups is 1. The molecule has 112 valence electrons. The summed E-state index contributed by atoms with van der Waals surface area (Å²) in [6.45, 7) is 3.12. The van der Waals surface area contributed by atoms with Crippen molar-refractivity contribution in [1.82, 2.24) is 0 Å². The Kier molecular flexibility index (Phi) is 4.92. The van der Waals surface area contributed by atoms with Gasteiger partial charge in [0.15, 0.2) is 0 Å². The minimum Gasteiger partial charge on any atom is -0.496 e. The average molecular weight is 288 g/mol. The van der Waals surface area contributed by atoms with Crippen molar-refractivity contribution in [2.45, 2.75) is 26.7 Å². The van der Waals surface area contributed by atoms with Crippen LogP contribution in [0.5, 0.6) is 11.5 Å². The maximum atomic E-state index is 12.9. The topological polar surface area (TPSA) is 55.8 Å². The lowest BCUT2D eigenvalue weighted by atomic mass is 9.85. The molecule has 6 heteroatoms. The zero-order chi connectivity index (χ0) is 15.5. The number of aliphatic carboxylic acids is 1. The molecule has 0 amide bonds. The van der Waals surface area contributed by atoms with E-state index in [1.165, 1.54) is 26.4 Å². The fourth-order valence-corrected chi connectivity index (χ4v) is 1.84. The highest BCUT2D eigenvalue weighted by Gasteiger charge is 2.30. The fourth-order valence-electron chi connectivity index (χ4n) is 1.84. The third kappa shape index (κ3) is 3.37. The number of carboxylic acid groups (broad SMARTS) is 1. The Balaban J connectivity index is 3.29. The van der Waals surface area contributed by atoms with Gasteiger partial charge >= 0.3 is 5.97 Å². The van der Waals surface area contributed by atoms with Gasteiger partial charge in [-0.2, -0.15) is 0 Å². The summed E-state index contributed by atoms with van der Waals surface area (Å²) in [6.07, 6.45) is -2.55. The molecule has 4 nitrogen and oxygen atoms in total. The van der Waals surface area contributed by atoms with Crippen molar-refractivity contribution in [3.05, 3.63) is 23.3 Å². The van der Waals surface area contributed by atoms with Crippen LogP contribution in [0.1, 0.15) is 31.4 Å². The molecule has 0 aliphatic rings. The Morgan fingerprint density at radius 2 is 1.80 bits per heavy atom. The lowest BCUT2D eigenvalue weighted by Gasteiger charge is -2.22. The van der Waals surface area contributed by atoms with Gasteiger partial charge in [-0.05, 0) is 38.0 Å². The lowest BCUT2D eigenvalue weighted by molar-refractivity contribution is -0.146. The number of benzene rings is 1. The summed E-state index contributed by atoms with van der Waals surface area (Å²) in [7, 11) is 2.65. The molecule has 1 rings (SSSR count). The van der Waals surface area contributed by atoms with Crippen LogP contribution in [-0.4, -0.2) is 25.3 Å². The highest BCUT2D eigenvalue weighted by molar-refractivity contribution is 5.74. The van der Waals surface area contributed by atoms with Gasteiger partial charge in [0.2, 0.25) is 0 Å². The van der Waals surface area contributed by atoms with E-state index in [1.807, 2.05) is 0 Å². The van der Waals surface area contributed by atoms with Gasteiger partial charge in [0.05, 0.1) is 25.2 Å². The van der Waals surface area contributed by atoms with E-state index in [9.17, 15) is 13.6 Å². The molecule has 0 aliphatic carbocycles. The van der Waals surface area contributed by atoms with E-state index in [0.29, 0.717) is 5.56 Å². The summed E-state index contributed by atoms with van der Waals surface area (Å²) in [4.78, 5) is 11.2. The molecule has 20 heavy (non-hydrogen) atoms. The van der Waals surface area contributed by atoms with Crippen molar-refractivity contribution < 1.29 is 28.2 Å². The number of hydrogen-bond acceptors (Lipinski definition) is 3. The monoisotopic (exact) mass is 288 g/mol. The zero-order valence-corrected chi connectivity index (χ0v) is 11.9. The van der Waals surface area contributed by atoms with Crippen LogP contribution in [0.25, 0.3) is 0 Å². The number of ether oxygens (including phenoxy) is 2. The molecule has 0 atom stereocenters. The van der Waals surface area contributed by atoms with Gasteiger partial charge in [-0.15, -0.1) is 0 Å². The second kappa shape index (κ2) is 6.07. The minimum atomic E-state index is -2.69. The average Bonchev–Trinajstić information content (AvgIpc) is 2.37. The normalized spacial score (nSPS) is 11.6. The molecule has 0 spiro atoms. The molecule has 0 bridgehead atoms. The van der Waals surface area contributed by atoms with Crippen LogP contribution in [0.2, 0.25) is 0 Å². The Labute approximate surface area is 116 Å². The summed E-state index contributed by atoms with van der Waals surface area (Å²) >= 11 is 0. The maximum absolute atomic E-state index is 12.9. The third-order valence-corrected chi connectivity index (χ3v) is 3.08. The second-order valence-electron chi connectivity index (χ2n) is 5.07. The molecule has 0 aromatic heterocycles. The Morgan fingerprint density at radius 3 is 2.20 bits per heavy atom. The van der Waals surface area contributed by atoms with Crippen LogP contribution >= 0.6 is 0 Å². The molecule has 0 saturated heterocycles. The number of methoxy groups -OCH3 is 2. The summed E-state index contributed by atoms with van der Waals surface area (Å²) in [5.41, 5.74) is -0.799. The first-order chi connectivity index (χ1) is 9.22. The first kappa shape index (κ1) is 16.2. The molecule has 0 fully saturated rings. The van der Waals surface area contributed by atoms with Crippen molar-refractivity contribution in [3.8, 4) is 11.5 Å². The smallest absolute Gasteiger partial charge is 0.309 e. The highest BCUT2D eigenvalue weighted by atomic mass is 19.3. The van der Waals surface area contributed by atoms with Crippen LogP contribution < -0.4 is 9.47 Å². The number of carboxylic acids is 1. The van der Waals surface area contributed by atoms with E-state index in [4.69, 9.17) is 14.6 Å². The van der Waals surface area contributed by atoms with Crippen molar-refractivity contribution >= 4 is 5.97 Å². The number of hydrogen-bond donors (Lipinski definition) is 1. The van der Waals surface area contributed by atoms with Crippen LogP contribution in [0.15, 0.2) is 12.1 Å². The van der Waals surface area contributed by atoms with E-state index < -0.39 is 17.8 Å². The van der Waals surface area contributed by atoms with Gasteiger partial charge in [0, 0.05) is 0 Å². The lowest BCUT2D eigenvalue weighted by Crippen LogP contribution is -2.26. The summed E-state index contributed by atoms with van der Waals surface area (Å²) in [5, 5.41) is 9.14. The van der Waals surface area contributed by atoms with Gasteiger partial charge in [0.1, 0.15) is 11.5 Å². The first-order valence-corrected chi connectivity index (χ1v) is 5.99. The van der Waals surface area contributed by atoms with Crippen LogP contribution in [0.4, 0.5) is 8.78 Å². The van der Waals surface area contributed by atoms with Crippen molar-refractivity contribution in [1.29, 1.82) is 0 Å². The highest BCUT2D eigenvalue weighted by Crippen LogP contribution is 2.37. The predicted octanol–water partition coefficient (Wildman–Crippen LogP) is 3.29. The van der Waals surface area contributed by atoms with Gasteiger partial charge in [-0.3, -0.25) is 4.79 Å². The van der Waals surface area contributed by atoms with Crippen LogP contribution in [0, 0.1) is 5.41 Å². The molecule has 0 radical (unpaired) electrons. The Morgan fingerprint density at radius 1 is 1.25 bits per heavy atom. The Hall–Kier alpha value is -1.85. The van der Waals surface area contributed by atoms with Gasteiger partial charge < -0.3 is 14.6 Å². The maximum Gasteiger partial charge on any atom is 0.309 e. The minimum absolute atomic E-state index is 0.0250. The molecule has 0 aliphatic heterocycles. The largest absolute Gasteiger partial charge is 0.496 e. The Bertz CT molecular complexity index is 498. The quantitative estimate of drug-likeness (QED) is 0.872. The van der Waals surface area contributed by atoms with E-state index in [2.05, 4.69) is 0 Å². The van der Waals surface area contributed by atoms with E-state index in [1.54, 1.807) is 13.8 Å². The molecular formula is C14H18F2O4. The molecule has 1 aromatic carbocycles. The van der Waals surface area contributed by atoms with E-state index in [0.717, 1.165) is 0 Å². The predicted molar refractivity (Wildman–Crippen MR) is 69.6 cm³/mol. The zero-order valence-electron chi connectivity index (χ0n) is 11.9. The van der Waals surface area contributed by atoms with E-state index >= 15 is 0 Å². The first-order valence-electron chi connectivity index (χ1n) is 5.99. The summed E-state index contributed by atoms with van der Waals surface area (Å²) < 4.78 is 35.8. The standard InChI is InChI=1S/C14H18F2O4/c1-14(2,13(17)18)7-8-5-11(20-4)9(12(15)16)6-10(8)19-3/h5-6,12H,7H2,1-4H3,(H,17,18). The van der Waals surface area contributed by atoms with Crippen LogP contribution in [-0.2, 0) is 11.2 Å². The van der Waals surface area contributed by atoms with Crippen molar-refractivity contribution in [2.75, 3.05) is 14.2 Å². The second-order valence-corrected chi connectivity index (χ2v) is 5.07. The molecular weight excluding hydrogens is 270 g/mol. The van der Waals surface area contributed by atoms with E-state index in [-0.39, 0.29) is 23.5 Å². The number of rotatable bonds is 6. The van der Waals surface area contributed by atoms with Gasteiger partial charge in [0.25, 0.3) is 6.43 Å². The van der Waals surface area contributed by atoms with Crippen molar-refractivity contribution in [2.24, 2.45) is 5.41 Å².